The summed E-state index contributed by atoms with van der Waals surface area (Å²) in [6, 6.07) is 1.61. The summed E-state index contributed by atoms with van der Waals surface area (Å²) in [5.74, 6) is 0.804. The van der Waals surface area contributed by atoms with Crippen molar-refractivity contribution in [3.63, 3.8) is 0 Å². The molecule has 0 aromatic carbocycles. The molecule has 0 bridgehead atoms. The van der Waals surface area contributed by atoms with Crippen LogP contribution in [0.3, 0.4) is 0 Å². The SMILES string of the molecule is Cc1cc(C(=O)NNC=O)c(C)o1. The second kappa shape index (κ2) is 3.75. The third kappa shape index (κ3) is 2.08. The van der Waals surface area contributed by atoms with Crippen LogP contribution in [0.15, 0.2) is 10.5 Å². The van der Waals surface area contributed by atoms with Crippen LogP contribution in [0.5, 0.6) is 0 Å². The molecule has 2 amide bonds. The van der Waals surface area contributed by atoms with Crippen LogP contribution in [0.1, 0.15) is 21.9 Å². The van der Waals surface area contributed by atoms with Crippen LogP contribution in [0, 0.1) is 13.8 Å². The number of hydrogen-bond acceptors (Lipinski definition) is 3. The number of nitrogens with one attached hydrogen (secondary N) is 2. The molecule has 1 heterocycles. The minimum absolute atomic E-state index is 0.388. The summed E-state index contributed by atoms with van der Waals surface area (Å²) in [6.07, 6.45) is 0.389. The van der Waals surface area contributed by atoms with Gasteiger partial charge in [-0.25, -0.2) is 0 Å². The van der Waals surface area contributed by atoms with Crippen LogP contribution in [0.25, 0.3) is 0 Å². The van der Waals surface area contributed by atoms with E-state index in [1.54, 1.807) is 19.9 Å². The molecule has 0 saturated heterocycles. The average molecular weight is 182 g/mol. The molecule has 0 saturated carbocycles. The van der Waals surface area contributed by atoms with Crippen molar-refractivity contribution in [3.05, 3.63) is 23.2 Å². The van der Waals surface area contributed by atoms with Gasteiger partial charge in [-0.05, 0) is 19.9 Å². The Morgan fingerprint density at radius 2 is 2.23 bits per heavy atom. The minimum Gasteiger partial charge on any atom is -0.466 e. The highest BCUT2D eigenvalue weighted by molar-refractivity contribution is 5.95. The summed E-state index contributed by atoms with van der Waals surface area (Å²) in [7, 11) is 0. The van der Waals surface area contributed by atoms with Crippen LogP contribution >= 0.6 is 0 Å². The van der Waals surface area contributed by atoms with Crippen LogP contribution in [0.2, 0.25) is 0 Å². The predicted octanol–water partition coefficient (Wildman–Crippen LogP) is 0.287. The summed E-state index contributed by atoms with van der Waals surface area (Å²) < 4.78 is 5.14. The highest BCUT2D eigenvalue weighted by Crippen LogP contribution is 2.12. The molecule has 2 N–H and O–H groups in total. The fraction of sp³-hybridized carbons (Fsp3) is 0.250. The largest absolute Gasteiger partial charge is 0.466 e. The van der Waals surface area contributed by atoms with E-state index in [4.69, 9.17) is 4.42 Å². The zero-order valence-electron chi connectivity index (χ0n) is 7.38. The fourth-order valence-electron chi connectivity index (χ4n) is 1.02. The Balaban J connectivity index is 2.76. The van der Waals surface area contributed by atoms with Gasteiger partial charge in [-0.15, -0.1) is 0 Å². The van der Waals surface area contributed by atoms with E-state index in [2.05, 4.69) is 10.9 Å². The second-order valence-corrected chi connectivity index (χ2v) is 2.54. The van der Waals surface area contributed by atoms with Crippen molar-refractivity contribution >= 4 is 12.3 Å². The Kier molecular flexibility index (Phi) is 2.69. The monoisotopic (exact) mass is 182 g/mol. The normalized spacial score (nSPS) is 9.38. The number of amides is 2. The highest BCUT2D eigenvalue weighted by Gasteiger charge is 2.12. The van der Waals surface area contributed by atoms with Gasteiger partial charge in [0, 0.05) is 0 Å². The molecule has 0 unspecified atom stereocenters. The van der Waals surface area contributed by atoms with Gasteiger partial charge in [0.1, 0.15) is 11.5 Å². The van der Waals surface area contributed by atoms with E-state index in [-0.39, 0.29) is 5.91 Å². The molecule has 1 aromatic heterocycles. The fourth-order valence-corrected chi connectivity index (χ4v) is 1.02. The molecular weight excluding hydrogens is 172 g/mol. The molecule has 0 radical (unpaired) electrons. The molecule has 0 spiro atoms. The lowest BCUT2D eigenvalue weighted by Gasteiger charge is -1.99. The minimum atomic E-state index is -0.388. The Hall–Kier alpha value is -1.78. The van der Waals surface area contributed by atoms with Gasteiger partial charge in [-0.2, -0.15) is 0 Å². The Morgan fingerprint density at radius 1 is 1.54 bits per heavy atom. The lowest BCUT2D eigenvalue weighted by Crippen LogP contribution is -2.36. The maximum atomic E-state index is 11.2. The maximum absolute atomic E-state index is 11.2. The third-order valence-electron chi connectivity index (χ3n) is 1.53. The number of carbonyl (C=O) groups excluding carboxylic acids is 2. The Labute approximate surface area is 75.1 Å². The quantitative estimate of drug-likeness (QED) is 0.521. The first kappa shape index (κ1) is 9.31. The van der Waals surface area contributed by atoms with Gasteiger partial charge in [-0.3, -0.25) is 20.4 Å². The number of aryl methyl sites for hydroxylation is 2. The van der Waals surface area contributed by atoms with Crippen molar-refractivity contribution in [2.24, 2.45) is 0 Å². The molecule has 1 aromatic rings. The topological polar surface area (TPSA) is 71.3 Å². The lowest BCUT2D eigenvalue weighted by molar-refractivity contribution is -0.110. The number of hydrogen-bond donors (Lipinski definition) is 2. The van der Waals surface area contributed by atoms with Crippen molar-refractivity contribution < 1.29 is 14.0 Å². The standard InChI is InChI=1S/C8H10N2O3/c1-5-3-7(6(2)13-5)8(12)10-9-4-11/h3-4H,1-2H3,(H,9,11)(H,10,12). The van der Waals surface area contributed by atoms with E-state index in [0.29, 0.717) is 23.5 Å². The average Bonchev–Trinajstić information content (AvgIpc) is 2.41. The highest BCUT2D eigenvalue weighted by atomic mass is 16.3. The summed E-state index contributed by atoms with van der Waals surface area (Å²) >= 11 is 0. The Morgan fingerprint density at radius 3 is 2.69 bits per heavy atom. The molecule has 0 fully saturated rings. The predicted molar refractivity (Wildman–Crippen MR) is 44.8 cm³/mol. The first-order valence-electron chi connectivity index (χ1n) is 3.71. The van der Waals surface area contributed by atoms with Gasteiger partial charge in [0.05, 0.1) is 5.56 Å². The van der Waals surface area contributed by atoms with Gasteiger partial charge >= 0.3 is 0 Å². The number of hydrazine groups is 1. The molecule has 0 atom stereocenters. The molecule has 13 heavy (non-hydrogen) atoms. The van der Waals surface area contributed by atoms with Crippen molar-refractivity contribution in [3.8, 4) is 0 Å². The molecule has 5 heteroatoms. The van der Waals surface area contributed by atoms with Gasteiger partial charge in [-0.1, -0.05) is 0 Å². The van der Waals surface area contributed by atoms with E-state index in [9.17, 15) is 9.59 Å². The summed E-state index contributed by atoms with van der Waals surface area (Å²) in [6.45, 7) is 3.43. The van der Waals surface area contributed by atoms with Crippen LogP contribution < -0.4 is 10.9 Å². The number of carbonyl (C=O) groups is 2. The van der Waals surface area contributed by atoms with Gasteiger partial charge in [0.15, 0.2) is 0 Å². The van der Waals surface area contributed by atoms with E-state index >= 15 is 0 Å². The first-order chi connectivity index (χ1) is 6.15. The molecule has 0 aliphatic rings. The smallest absolute Gasteiger partial charge is 0.273 e. The van der Waals surface area contributed by atoms with Gasteiger partial charge < -0.3 is 4.42 Å². The van der Waals surface area contributed by atoms with Crippen LogP contribution in [-0.4, -0.2) is 12.3 Å². The zero-order valence-corrected chi connectivity index (χ0v) is 7.38. The number of furan rings is 1. The number of rotatable bonds is 3. The molecule has 0 aliphatic heterocycles. The lowest BCUT2D eigenvalue weighted by atomic mass is 10.2. The summed E-state index contributed by atoms with van der Waals surface area (Å²) in [5, 5.41) is 0. The molecule has 0 aliphatic carbocycles. The van der Waals surface area contributed by atoms with Crippen molar-refractivity contribution in [2.75, 3.05) is 0 Å². The zero-order chi connectivity index (χ0) is 9.84. The van der Waals surface area contributed by atoms with Gasteiger partial charge in [0.2, 0.25) is 6.41 Å². The van der Waals surface area contributed by atoms with Crippen molar-refractivity contribution in [1.29, 1.82) is 0 Å². The third-order valence-corrected chi connectivity index (χ3v) is 1.53. The molecule has 5 nitrogen and oxygen atoms in total. The van der Waals surface area contributed by atoms with Crippen LogP contribution in [-0.2, 0) is 4.79 Å². The molecule has 70 valence electrons. The van der Waals surface area contributed by atoms with E-state index in [1.807, 2.05) is 0 Å². The van der Waals surface area contributed by atoms with E-state index < -0.39 is 0 Å². The first-order valence-corrected chi connectivity index (χ1v) is 3.71. The van der Waals surface area contributed by atoms with E-state index in [1.165, 1.54) is 0 Å². The Bertz CT molecular complexity index is 330. The molecule has 1 rings (SSSR count). The summed E-state index contributed by atoms with van der Waals surface area (Å²) in [5.41, 5.74) is 4.67. The molecular formula is C8H10N2O3. The van der Waals surface area contributed by atoms with Gasteiger partial charge in [0.25, 0.3) is 5.91 Å². The van der Waals surface area contributed by atoms with E-state index in [0.717, 1.165) is 0 Å². The van der Waals surface area contributed by atoms with Crippen LogP contribution in [0.4, 0.5) is 0 Å². The second-order valence-electron chi connectivity index (χ2n) is 2.54. The maximum Gasteiger partial charge on any atom is 0.273 e. The van der Waals surface area contributed by atoms with Crippen molar-refractivity contribution in [1.82, 2.24) is 10.9 Å². The van der Waals surface area contributed by atoms with Crippen molar-refractivity contribution in [2.45, 2.75) is 13.8 Å². The summed E-state index contributed by atoms with van der Waals surface area (Å²) in [4.78, 5) is 21.1.